The number of nitrogens with zero attached hydrogens (tertiary/aromatic N) is 2. The second-order valence-corrected chi connectivity index (χ2v) is 6.07. The number of aromatic nitrogens is 1. The summed E-state index contributed by atoms with van der Waals surface area (Å²) >= 11 is 0. The molecule has 0 atom stereocenters. The van der Waals surface area contributed by atoms with Crippen LogP contribution in [0.2, 0.25) is 0 Å². The van der Waals surface area contributed by atoms with E-state index in [9.17, 15) is 0 Å². The maximum absolute atomic E-state index is 4.81. The van der Waals surface area contributed by atoms with E-state index in [0.29, 0.717) is 6.04 Å². The van der Waals surface area contributed by atoms with Crippen LogP contribution in [0.15, 0.2) is 18.7 Å². The van der Waals surface area contributed by atoms with E-state index in [4.69, 9.17) is 4.98 Å². The minimum atomic E-state index is 0.418. The van der Waals surface area contributed by atoms with Crippen molar-refractivity contribution in [2.45, 2.75) is 59.2 Å². The van der Waals surface area contributed by atoms with Gasteiger partial charge in [-0.2, -0.15) is 0 Å². The standard InChI is InChI=1S/C17H27N3/c1-6-9-20(12(2)3)17-16(11-18-15-7-8-15)13(4)10-14(5)19-17/h6,10,12,15,18H,1,7-9,11H2,2-5H3. The molecular weight excluding hydrogens is 246 g/mol. The lowest BCUT2D eigenvalue weighted by Gasteiger charge is -2.30. The van der Waals surface area contributed by atoms with Gasteiger partial charge in [0.25, 0.3) is 0 Å². The van der Waals surface area contributed by atoms with Gasteiger partial charge >= 0.3 is 0 Å². The molecule has 1 fully saturated rings. The molecule has 0 radical (unpaired) electrons. The van der Waals surface area contributed by atoms with Crippen LogP contribution in [0.3, 0.4) is 0 Å². The largest absolute Gasteiger partial charge is 0.350 e. The topological polar surface area (TPSA) is 28.2 Å². The van der Waals surface area contributed by atoms with E-state index in [1.54, 1.807) is 0 Å². The van der Waals surface area contributed by atoms with Gasteiger partial charge in [0.2, 0.25) is 0 Å². The van der Waals surface area contributed by atoms with Crippen LogP contribution < -0.4 is 10.2 Å². The number of anilines is 1. The van der Waals surface area contributed by atoms with Gasteiger partial charge in [0, 0.05) is 36.4 Å². The number of hydrogen-bond acceptors (Lipinski definition) is 3. The van der Waals surface area contributed by atoms with E-state index in [0.717, 1.165) is 30.6 Å². The van der Waals surface area contributed by atoms with Gasteiger partial charge in [-0.15, -0.1) is 6.58 Å². The molecule has 2 rings (SSSR count). The fourth-order valence-corrected chi connectivity index (χ4v) is 2.51. The molecule has 0 spiro atoms. The Kier molecular flexibility index (Phi) is 4.81. The summed E-state index contributed by atoms with van der Waals surface area (Å²) in [6, 6.07) is 3.32. The number of pyridine rings is 1. The molecule has 0 amide bonds. The van der Waals surface area contributed by atoms with Crippen molar-refractivity contribution in [3.05, 3.63) is 35.5 Å². The Morgan fingerprint density at radius 3 is 2.70 bits per heavy atom. The van der Waals surface area contributed by atoms with E-state index in [-0.39, 0.29) is 0 Å². The first-order chi connectivity index (χ1) is 9.52. The van der Waals surface area contributed by atoms with Gasteiger partial charge in [-0.3, -0.25) is 0 Å². The van der Waals surface area contributed by atoms with Crippen molar-refractivity contribution in [3.8, 4) is 0 Å². The fourth-order valence-electron chi connectivity index (χ4n) is 2.51. The lowest BCUT2D eigenvalue weighted by atomic mass is 10.1. The Bertz CT molecular complexity index is 475. The molecule has 1 aromatic heterocycles. The Morgan fingerprint density at radius 2 is 2.15 bits per heavy atom. The third-order valence-corrected chi connectivity index (χ3v) is 3.82. The average Bonchev–Trinajstić information content (AvgIpc) is 3.17. The van der Waals surface area contributed by atoms with Crippen LogP contribution in [-0.2, 0) is 6.54 Å². The zero-order valence-electron chi connectivity index (χ0n) is 13.2. The molecule has 3 heteroatoms. The second kappa shape index (κ2) is 6.40. The predicted octanol–water partition coefficient (Wildman–Crippen LogP) is 3.35. The lowest BCUT2D eigenvalue weighted by Crippen LogP contribution is -2.33. The first-order valence-electron chi connectivity index (χ1n) is 7.61. The molecule has 1 saturated carbocycles. The van der Waals surface area contributed by atoms with Gasteiger partial charge < -0.3 is 10.2 Å². The maximum atomic E-state index is 4.81. The van der Waals surface area contributed by atoms with Crippen LogP contribution in [0.5, 0.6) is 0 Å². The summed E-state index contributed by atoms with van der Waals surface area (Å²) in [5.74, 6) is 1.12. The Morgan fingerprint density at radius 1 is 1.45 bits per heavy atom. The van der Waals surface area contributed by atoms with Crippen LogP contribution in [0.4, 0.5) is 5.82 Å². The van der Waals surface area contributed by atoms with E-state index < -0.39 is 0 Å². The molecule has 0 bridgehead atoms. The predicted molar refractivity (Wildman–Crippen MR) is 86.3 cm³/mol. The molecule has 110 valence electrons. The highest BCUT2D eigenvalue weighted by atomic mass is 15.2. The normalized spacial score (nSPS) is 14.7. The summed E-state index contributed by atoms with van der Waals surface area (Å²) < 4.78 is 0. The molecule has 3 nitrogen and oxygen atoms in total. The molecule has 1 aromatic rings. The first kappa shape index (κ1) is 15.0. The van der Waals surface area contributed by atoms with Crippen molar-refractivity contribution in [2.24, 2.45) is 0 Å². The van der Waals surface area contributed by atoms with Crippen molar-refractivity contribution in [1.82, 2.24) is 10.3 Å². The minimum absolute atomic E-state index is 0.418. The number of hydrogen-bond donors (Lipinski definition) is 1. The SMILES string of the molecule is C=CCN(c1nc(C)cc(C)c1CNC1CC1)C(C)C. The molecule has 1 aliphatic carbocycles. The van der Waals surface area contributed by atoms with Gasteiger partial charge in [0.15, 0.2) is 0 Å². The minimum Gasteiger partial charge on any atom is -0.350 e. The molecule has 0 saturated heterocycles. The van der Waals surface area contributed by atoms with Crippen molar-refractivity contribution < 1.29 is 0 Å². The second-order valence-electron chi connectivity index (χ2n) is 6.07. The van der Waals surface area contributed by atoms with Crippen molar-refractivity contribution in [2.75, 3.05) is 11.4 Å². The van der Waals surface area contributed by atoms with Crippen LogP contribution in [0, 0.1) is 13.8 Å². The molecule has 0 aromatic carbocycles. The summed E-state index contributed by atoms with van der Waals surface area (Å²) in [6.45, 7) is 14.3. The van der Waals surface area contributed by atoms with Crippen molar-refractivity contribution in [3.63, 3.8) is 0 Å². The number of aryl methyl sites for hydroxylation is 2. The van der Waals surface area contributed by atoms with Gasteiger partial charge in [-0.1, -0.05) is 6.08 Å². The Hall–Kier alpha value is -1.35. The van der Waals surface area contributed by atoms with Crippen molar-refractivity contribution in [1.29, 1.82) is 0 Å². The zero-order chi connectivity index (χ0) is 14.7. The fraction of sp³-hybridized carbons (Fsp3) is 0.588. The number of nitrogens with one attached hydrogen (secondary N) is 1. The summed E-state index contributed by atoms with van der Waals surface area (Å²) in [6.07, 6.45) is 4.58. The van der Waals surface area contributed by atoms with E-state index in [1.165, 1.54) is 24.0 Å². The monoisotopic (exact) mass is 273 g/mol. The van der Waals surface area contributed by atoms with E-state index in [2.05, 4.69) is 50.6 Å². The average molecular weight is 273 g/mol. The Balaban J connectivity index is 2.33. The highest BCUT2D eigenvalue weighted by Crippen LogP contribution is 2.26. The summed E-state index contributed by atoms with van der Waals surface area (Å²) in [5.41, 5.74) is 3.75. The van der Waals surface area contributed by atoms with E-state index >= 15 is 0 Å². The summed E-state index contributed by atoms with van der Waals surface area (Å²) in [7, 11) is 0. The Labute approximate surface area is 123 Å². The molecular formula is C17H27N3. The molecule has 20 heavy (non-hydrogen) atoms. The summed E-state index contributed by atoms with van der Waals surface area (Å²) in [4.78, 5) is 7.14. The van der Waals surface area contributed by atoms with Gasteiger partial charge in [-0.25, -0.2) is 4.98 Å². The molecule has 0 unspecified atom stereocenters. The smallest absolute Gasteiger partial charge is 0.134 e. The third-order valence-electron chi connectivity index (χ3n) is 3.82. The quantitative estimate of drug-likeness (QED) is 0.772. The van der Waals surface area contributed by atoms with Gasteiger partial charge in [-0.05, 0) is 52.2 Å². The van der Waals surface area contributed by atoms with Crippen LogP contribution in [0.25, 0.3) is 0 Å². The maximum Gasteiger partial charge on any atom is 0.134 e. The van der Waals surface area contributed by atoms with Crippen LogP contribution in [0.1, 0.15) is 43.5 Å². The molecule has 1 aliphatic rings. The van der Waals surface area contributed by atoms with Gasteiger partial charge in [0.1, 0.15) is 5.82 Å². The first-order valence-corrected chi connectivity index (χ1v) is 7.61. The molecule has 1 N–H and O–H groups in total. The molecule has 0 aliphatic heterocycles. The van der Waals surface area contributed by atoms with Crippen LogP contribution in [-0.4, -0.2) is 23.6 Å². The zero-order valence-corrected chi connectivity index (χ0v) is 13.2. The van der Waals surface area contributed by atoms with Crippen LogP contribution >= 0.6 is 0 Å². The molecule has 1 heterocycles. The summed E-state index contributed by atoms with van der Waals surface area (Å²) in [5, 5.41) is 3.62. The lowest BCUT2D eigenvalue weighted by molar-refractivity contribution is 0.663. The highest BCUT2D eigenvalue weighted by Gasteiger charge is 2.23. The van der Waals surface area contributed by atoms with Gasteiger partial charge in [0.05, 0.1) is 0 Å². The highest BCUT2D eigenvalue weighted by molar-refractivity contribution is 5.52. The third kappa shape index (κ3) is 3.60. The van der Waals surface area contributed by atoms with E-state index in [1.807, 2.05) is 6.08 Å². The number of rotatable bonds is 7. The van der Waals surface area contributed by atoms with Crippen molar-refractivity contribution >= 4 is 5.82 Å².